The predicted octanol–water partition coefficient (Wildman–Crippen LogP) is 3.64. The van der Waals surface area contributed by atoms with Gasteiger partial charge in [-0.05, 0) is 50.5 Å². The molecule has 2 aliphatic rings. The zero-order chi connectivity index (χ0) is 16.7. The number of benzene rings is 1. The molecule has 2 fully saturated rings. The Balaban J connectivity index is 1.73. The van der Waals surface area contributed by atoms with E-state index in [4.69, 9.17) is 16.3 Å². The molecule has 24 heavy (non-hydrogen) atoms. The lowest BCUT2D eigenvalue weighted by molar-refractivity contribution is -0.108. The third kappa shape index (κ3) is 2.77. The molecule has 2 saturated heterocycles. The molecule has 0 aliphatic carbocycles. The average molecular weight is 347 g/mol. The topological polar surface area (TPSA) is 45.6 Å². The fraction of sp³-hybridized carbons (Fsp3) is 0.526. The zero-order valence-electron chi connectivity index (χ0n) is 13.9. The number of fused-ring (bicyclic) bond motifs is 1. The van der Waals surface area contributed by atoms with Crippen molar-refractivity contribution in [2.45, 2.75) is 37.8 Å². The number of aromatic nitrogens is 1. The van der Waals surface area contributed by atoms with E-state index in [1.807, 2.05) is 31.3 Å². The minimum absolute atomic E-state index is 0.129. The normalized spacial score (nSPS) is 30.9. The van der Waals surface area contributed by atoms with E-state index in [9.17, 15) is 5.11 Å². The highest BCUT2D eigenvalue weighted by molar-refractivity contribution is 6.31. The number of hydrogen-bond acceptors (Lipinski definition) is 4. The molecule has 1 aromatic carbocycles. The SMILES string of the molecule is C[C@]1(O)CCOC[C@@H]1[C@H]1CCCN1c1ccnc2cc(Cl)ccc12. The van der Waals surface area contributed by atoms with Gasteiger partial charge < -0.3 is 14.7 Å². The van der Waals surface area contributed by atoms with Crippen molar-refractivity contribution in [2.24, 2.45) is 5.92 Å². The van der Waals surface area contributed by atoms with Gasteiger partial charge in [0.05, 0.1) is 17.7 Å². The van der Waals surface area contributed by atoms with E-state index in [0.717, 1.165) is 30.3 Å². The van der Waals surface area contributed by atoms with Crippen LogP contribution in [0.2, 0.25) is 5.02 Å². The highest BCUT2D eigenvalue weighted by Crippen LogP contribution is 2.40. The summed E-state index contributed by atoms with van der Waals surface area (Å²) in [5.41, 5.74) is 1.43. The second kappa shape index (κ2) is 6.17. The largest absolute Gasteiger partial charge is 0.390 e. The highest BCUT2D eigenvalue weighted by atomic mass is 35.5. The summed E-state index contributed by atoms with van der Waals surface area (Å²) >= 11 is 6.12. The van der Waals surface area contributed by atoms with Gasteiger partial charge in [-0.2, -0.15) is 0 Å². The molecule has 2 aromatic rings. The minimum Gasteiger partial charge on any atom is -0.390 e. The van der Waals surface area contributed by atoms with E-state index in [1.54, 1.807) is 0 Å². The first-order valence-electron chi connectivity index (χ1n) is 8.67. The molecule has 1 N–H and O–H groups in total. The van der Waals surface area contributed by atoms with Gasteiger partial charge in [0, 0.05) is 47.4 Å². The van der Waals surface area contributed by atoms with E-state index in [1.165, 1.54) is 5.69 Å². The summed E-state index contributed by atoms with van der Waals surface area (Å²) in [4.78, 5) is 6.89. The number of ether oxygens (including phenoxy) is 1. The van der Waals surface area contributed by atoms with Gasteiger partial charge in [0.25, 0.3) is 0 Å². The molecule has 0 amide bonds. The number of hydrogen-bond donors (Lipinski definition) is 1. The molecule has 5 heteroatoms. The molecular formula is C19H23ClN2O2. The molecule has 0 radical (unpaired) electrons. The molecular weight excluding hydrogens is 324 g/mol. The number of halogens is 1. The monoisotopic (exact) mass is 346 g/mol. The van der Waals surface area contributed by atoms with Crippen molar-refractivity contribution < 1.29 is 9.84 Å². The third-order valence-corrected chi connectivity index (χ3v) is 5.84. The number of pyridine rings is 1. The van der Waals surface area contributed by atoms with Crippen LogP contribution in [0.3, 0.4) is 0 Å². The molecule has 128 valence electrons. The Morgan fingerprint density at radius 2 is 2.25 bits per heavy atom. The number of nitrogens with zero attached hydrogens (tertiary/aromatic N) is 2. The van der Waals surface area contributed by atoms with Crippen molar-refractivity contribution in [3.05, 3.63) is 35.5 Å². The molecule has 2 aliphatic heterocycles. The lowest BCUT2D eigenvalue weighted by atomic mass is 9.79. The number of anilines is 1. The summed E-state index contributed by atoms with van der Waals surface area (Å²) in [7, 11) is 0. The summed E-state index contributed by atoms with van der Waals surface area (Å²) in [6.45, 7) is 4.23. The van der Waals surface area contributed by atoms with Crippen LogP contribution in [0.15, 0.2) is 30.5 Å². The van der Waals surface area contributed by atoms with Crippen LogP contribution < -0.4 is 4.90 Å². The van der Waals surface area contributed by atoms with Crippen LogP contribution in [-0.4, -0.2) is 41.5 Å². The molecule has 1 aromatic heterocycles. The molecule has 0 bridgehead atoms. The van der Waals surface area contributed by atoms with E-state index in [-0.39, 0.29) is 5.92 Å². The summed E-state index contributed by atoms with van der Waals surface area (Å²) in [6.07, 6.45) is 4.77. The highest BCUT2D eigenvalue weighted by Gasteiger charge is 2.44. The maximum Gasteiger partial charge on any atom is 0.0737 e. The van der Waals surface area contributed by atoms with Crippen LogP contribution in [0.4, 0.5) is 5.69 Å². The van der Waals surface area contributed by atoms with Gasteiger partial charge in [-0.3, -0.25) is 4.98 Å². The van der Waals surface area contributed by atoms with Gasteiger partial charge in [-0.1, -0.05) is 11.6 Å². The maximum atomic E-state index is 10.9. The van der Waals surface area contributed by atoms with Crippen LogP contribution in [0.5, 0.6) is 0 Å². The van der Waals surface area contributed by atoms with Crippen LogP contribution in [0.25, 0.3) is 10.9 Å². The Hall–Kier alpha value is -1.36. The standard InChI is InChI=1S/C19H23ClN2O2/c1-19(23)7-10-24-12-15(19)18-3-2-9-22(18)17-6-8-21-16-11-13(20)4-5-14(16)17/h4-6,8,11,15,18,23H,2-3,7,9-10,12H2,1H3/t15-,18-,19+/m1/s1. The lowest BCUT2D eigenvalue weighted by Gasteiger charge is -2.44. The summed E-state index contributed by atoms with van der Waals surface area (Å²) in [5, 5.41) is 12.7. The first-order valence-corrected chi connectivity index (χ1v) is 9.05. The maximum absolute atomic E-state index is 10.9. The fourth-order valence-electron chi connectivity index (χ4n) is 4.25. The van der Waals surface area contributed by atoms with Crippen molar-refractivity contribution in [1.29, 1.82) is 0 Å². The fourth-order valence-corrected chi connectivity index (χ4v) is 4.41. The van der Waals surface area contributed by atoms with E-state index >= 15 is 0 Å². The third-order valence-electron chi connectivity index (χ3n) is 5.60. The minimum atomic E-state index is -0.669. The number of rotatable bonds is 2. The van der Waals surface area contributed by atoms with Crippen LogP contribution >= 0.6 is 11.6 Å². The van der Waals surface area contributed by atoms with Gasteiger partial charge in [0.15, 0.2) is 0 Å². The molecule has 3 atom stereocenters. The Morgan fingerprint density at radius 1 is 1.38 bits per heavy atom. The van der Waals surface area contributed by atoms with Crippen LogP contribution in [0, 0.1) is 5.92 Å². The van der Waals surface area contributed by atoms with Gasteiger partial charge in [0.1, 0.15) is 0 Å². The predicted molar refractivity (Wildman–Crippen MR) is 96.7 cm³/mol. The van der Waals surface area contributed by atoms with E-state index < -0.39 is 5.60 Å². The van der Waals surface area contributed by atoms with Gasteiger partial charge >= 0.3 is 0 Å². The number of aliphatic hydroxyl groups is 1. The second-order valence-corrected chi connectivity index (χ2v) is 7.62. The molecule has 4 nitrogen and oxygen atoms in total. The van der Waals surface area contributed by atoms with Crippen LogP contribution in [0.1, 0.15) is 26.2 Å². The van der Waals surface area contributed by atoms with Crippen LogP contribution in [-0.2, 0) is 4.74 Å². The van der Waals surface area contributed by atoms with Crippen molar-refractivity contribution in [1.82, 2.24) is 4.98 Å². The quantitative estimate of drug-likeness (QED) is 0.901. The molecule has 3 heterocycles. The Morgan fingerprint density at radius 3 is 3.08 bits per heavy atom. The molecule has 4 rings (SSSR count). The first kappa shape index (κ1) is 16.1. The van der Waals surface area contributed by atoms with Crippen molar-refractivity contribution in [3.63, 3.8) is 0 Å². The Bertz CT molecular complexity index is 749. The molecule has 0 spiro atoms. The summed E-state index contributed by atoms with van der Waals surface area (Å²) < 4.78 is 5.70. The smallest absolute Gasteiger partial charge is 0.0737 e. The van der Waals surface area contributed by atoms with Gasteiger partial charge in [-0.25, -0.2) is 0 Å². The summed E-state index contributed by atoms with van der Waals surface area (Å²) in [6, 6.07) is 8.24. The van der Waals surface area contributed by atoms with Crippen molar-refractivity contribution in [3.8, 4) is 0 Å². The lowest BCUT2D eigenvalue weighted by Crippen LogP contribution is -2.52. The van der Waals surface area contributed by atoms with Crippen molar-refractivity contribution >= 4 is 28.2 Å². The zero-order valence-corrected chi connectivity index (χ0v) is 14.7. The summed E-state index contributed by atoms with van der Waals surface area (Å²) in [5.74, 6) is 0.129. The Kier molecular flexibility index (Phi) is 4.15. The molecule has 0 saturated carbocycles. The van der Waals surface area contributed by atoms with Gasteiger partial charge in [0.2, 0.25) is 0 Å². The van der Waals surface area contributed by atoms with Gasteiger partial charge in [-0.15, -0.1) is 0 Å². The molecule has 0 unspecified atom stereocenters. The first-order chi connectivity index (χ1) is 11.6. The van der Waals surface area contributed by atoms with E-state index in [2.05, 4.69) is 16.0 Å². The van der Waals surface area contributed by atoms with E-state index in [0.29, 0.717) is 30.7 Å². The van der Waals surface area contributed by atoms with Crippen molar-refractivity contribution in [2.75, 3.05) is 24.7 Å². The second-order valence-electron chi connectivity index (χ2n) is 7.18. The average Bonchev–Trinajstić information content (AvgIpc) is 3.02. The Labute approximate surface area is 147 Å².